The lowest BCUT2D eigenvalue weighted by molar-refractivity contribution is -0.136. The zero-order valence-corrected chi connectivity index (χ0v) is 26.3. The van der Waals surface area contributed by atoms with Crippen molar-refractivity contribution in [1.82, 2.24) is 4.57 Å². The molecule has 1 aromatic heterocycles. The molecule has 10 nitrogen and oxygen atoms in total. The first kappa shape index (κ1) is 30.9. The Labute approximate surface area is 258 Å². The van der Waals surface area contributed by atoms with Crippen LogP contribution in [0.25, 0.3) is 5.57 Å². The van der Waals surface area contributed by atoms with Crippen LogP contribution in [0, 0.1) is 0 Å². The molecule has 0 fully saturated rings. The fourth-order valence-corrected chi connectivity index (χ4v) is 6.88. The number of amides is 1. The lowest BCUT2D eigenvalue weighted by Crippen LogP contribution is -2.41. The predicted octanol–water partition coefficient (Wildman–Crippen LogP) is 4.03. The van der Waals surface area contributed by atoms with E-state index in [4.69, 9.17) is 14.2 Å². The molecule has 0 radical (unpaired) electrons. The number of methoxy groups -OCH3 is 2. The number of fused-ring (bicyclic) bond motifs is 2. The summed E-state index contributed by atoms with van der Waals surface area (Å²) in [7, 11) is 2.70. The third-order valence-electron chi connectivity index (χ3n) is 7.80. The van der Waals surface area contributed by atoms with Crippen molar-refractivity contribution in [2.45, 2.75) is 58.9 Å². The highest BCUT2D eigenvalue weighted by Crippen LogP contribution is 2.38. The number of rotatable bonds is 10. The second-order valence-corrected chi connectivity index (χ2v) is 11.6. The van der Waals surface area contributed by atoms with Gasteiger partial charge in [-0.15, -0.1) is 0 Å². The van der Waals surface area contributed by atoms with Crippen molar-refractivity contribution in [3.8, 4) is 11.5 Å². The van der Waals surface area contributed by atoms with Crippen LogP contribution < -0.4 is 29.3 Å². The van der Waals surface area contributed by atoms with Gasteiger partial charge in [-0.05, 0) is 37.1 Å². The van der Waals surface area contributed by atoms with Gasteiger partial charge < -0.3 is 19.1 Å². The molecule has 1 unspecified atom stereocenters. The monoisotopic (exact) mass is 617 g/mol. The lowest BCUT2D eigenvalue weighted by atomic mass is 9.95. The number of ether oxygens (including phenoxy) is 3. The van der Waals surface area contributed by atoms with Gasteiger partial charge in [-0.2, -0.15) is 0 Å². The Bertz CT molecular complexity index is 1850. The smallest absolute Gasteiger partial charge is 0.338 e. The fraction of sp³-hybridized carbons (Fsp3) is 0.364. The molecule has 0 bridgehead atoms. The number of thiazole rings is 1. The minimum atomic E-state index is -0.935. The van der Waals surface area contributed by atoms with E-state index in [-0.39, 0.29) is 27.5 Å². The number of hydrogen-bond donors (Lipinski definition) is 0. The Hall–Kier alpha value is -4.51. The number of benzene rings is 2. The van der Waals surface area contributed by atoms with Gasteiger partial charge in [0.05, 0.1) is 42.8 Å². The molecule has 2 aliphatic rings. The number of esters is 2. The van der Waals surface area contributed by atoms with E-state index in [1.54, 1.807) is 30.0 Å². The molecular weight excluding hydrogens is 582 g/mol. The van der Waals surface area contributed by atoms with E-state index in [2.05, 4.69) is 11.9 Å². The number of hydrogen-bond acceptors (Lipinski definition) is 9. The van der Waals surface area contributed by atoms with E-state index >= 15 is 0 Å². The van der Waals surface area contributed by atoms with Crippen LogP contribution in [0.3, 0.4) is 0 Å². The highest BCUT2D eigenvalue weighted by atomic mass is 32.1. The van der Waals surface area contributed by atoms with Crippen LogP contribution >= 0.6 is 11.3 Å². The molecule has 1 amide bonds. The first-order valence-corrected chi connectivity index (χ1v) is 15.4. The average Bonchev–Trinajstić information content (AvgIpc) is 3.47. The number of nitrogens with zero attached hydrogens (tertiary/aromatic N) is 3. The summed E-state index contributed by atoms with van der Waals surface area (Å²) in [5.74, 6) is -0.945. The maximum Gasteiger partial charge on any atom is 0.338 e. The van der Waals surface area contributed by atoms with Gasteiger partial charge >= 0.3 is 11.9 Å². The highest BCUT2D eigenvalue weighted by molar-refractivity contribution is 7.07. The van der Waals surface area contributed by atoms with Crippen molar-refractivity contribution in [2.24, 2.45) is 4.99 Å². The number of para-hydroxylation sites is 1. The van der Waals surface area contributed by atoms with E-state index in [9.17, 15) is 19.2 Å². The van der Waals surface area contributed by atoms with Crippen molar-refractivity contribution >= 4 is 40.4 Å². The SMILES string of the molecule is CCCCCCCN1C(=O)/C(=c2\sc3n(c2=O)C(c2ccc(OC(C)=O)c(OC)c2)C(C(=O)OC)=C(C)N=3)c2ccccc21. The zero-order valence-electron chi connectivity index (χ0n) is 25.5. The van der Waals surface area contributed by atoms with E-state index in [1.807, 2.05) is 24.3 Å². The van der Waals surface area contributed by atoms with Crippen molar-refractivity contribution in [3.63, 3.8) is 0 Å². The van der Waals surface area contributed by atoms with Crippen LogP contribution in [0.4, 0.5) is 5.69 Å². The van der Waals surface area contributed by atoms with Gasteiger partial charge in [-0.1, -0.05) is 68.2 Å². The largest absolute Gasteiger partial charge is 0.493 e. The quantitative estimate of drug-likeness (QED) is 0.192. The van der Waals surface area contributed by atoms with Gasteiger partial charge in [0.1, 0.15) is 4.53 Å². The Kier molecular flexibility index (Phi) is 9.14. The minimum Gasteiger partial charge on any atom is -0.493 e. The molecular formula is C33H35N3O7S. The van der Waals surface area contributed by atoms with Crippen molar-refractivity contribution in [2.75, 3.05) is 25.7 Å². The third-order valence-corrected chi connectivity index (χ3v) is 8.85. The van der Waals surface area contributed by atoms with Crippen LogP contribution in [-0.2, 0) is 19.1 Å². The Balaban J connectivity index is 1.69. The Morgan fingerprint density at radius 1 is 1.00 bits per heavy atom. The number of allylic oxidation sites excluding steroid dienone is 1. The van der Waals surface area contributed by atoms with Gasteiger partial charge in [0.15, 0.2) is 16.3 Å². The molecule has 3 aromatic rings. The molecule has 44 heavy (non-hydrogen) atoms. The number of carbonyl (C=O) groups excluding carboxylic acids is 3. The second-order valence-electron chi connectivity index (χ2n) is 10.7. The maximum absolute atomic E-state index is 14.4. The number of aromatic nitrogens is 1. The van der Waals surface area contributed by atoms with Gasteiger partial charge in [-0.25, -0.2) is 9.79 Å². The van der Waals surface area contributed by atoms with Gasteiger partial charge in [0.2, 0.25) is 0 Å². The van der Waals surface area contributed by atoms with Crippen LogP contribution in [0.1, 0.15) is 70.0 Å². The number of unbranched alkanes of at least 4 members (excludes halogenated alkanes) is 4. The molecule has 2 aromatic carbocycles. The second kappa shape index (κ2) is 13.0. The van der Waals surface area contributed by atoms with E-state index in [0.29, 0.717) is 33.7 Å². The van der Waals surface area contributed by atoms with E-state index in [1.165, 1.54) is 25.7 Å². The third kappa shape index (κ3) is 5.59. The normalized spacial score (nSPS) is 16.8. The molecule has 0 saturated carbocycles. The van der Waals surface area contributed by atoms with Crippen molar-refractivity contribution in [1.29, 1.82) is 0 Å². The molecule has 0 N–H and O–H groups in total. The molecule has 2 aliphatic heterocycles. The Morgan fingerprint density at radius 2 is 1.75 bits per heavy atom. The summed E-state index contributed by atoms with van der Waals surface area (Å²) in [6, 6.07) is 11.4. The topological polar surface area (TPSA) is 117 Å². The fourth-order valence-electron chi connectivity index (χ4n) is 5.75. The van der Waals surface area contributed by atoms with Gasteiger partial charge in [0.25, 0.3) is 11.5 Å². The maximum atomic E-state index is 14.4. The summed E-state index contributed by atoms with van der Waals surface area (Å²) < 4.78 is 17.5. The average molecular weight is 618 g/mol. The highest BCUT2D eigenvalue weighted by Gasteiger charge is 2.37. The standard InChI is InChI=1S/C33H35N3O7S/c1-6-7-8-9-12-17-35-23-14-11-10-13-22(23)27(30(35)38)29-31(39)36-28(26(32(40)42-5)19(2)34-33(36)44-29)21-15-16-24(43-20(3)37)25(18-21)41-4/h10-11,13-16,18,28H,6-9,12,17H2,1-5H3/b29-27-. The summed E-state index contributed by atoms with van der Waals surface area (Å²) in [6.45, 7) is 5.69. The number of carbonyl (C=O) groups is 3. The van der Waals surface area contributed by atoms with Crippen LogP contribution in [0.15, 0.2) is 63.5 Å². The lowest BCUT2D eigenvalue weighted by Gasteiger charge is -2.25. The van der Waals surface area contributed by atoms with Crippen molar-refractivity contribution in [3.05, 3.63) is 84.5 Å². The van der Waals surface area contributed by atoms with E-state index in [0.717, 1.165) is 49.1 Å². The first-order chi connectivity index (χ1) is 21.2. The number of anilines is 1. The van der Waals surface area contributed by atoms with Crippen LogP contribution in [-0.4, -0.2) is 43.2 Å². The van der Waals surface area contributed by atoms with Gasteiger partial charge in [-0.3, -0.25) is 19.0 Å². The molecule has 1 atom stereocenters. The zero-order chi connectivity index (χ0) is 31.5. The summed E-state index contributed by atoms with van der Waals surface area (Å²) >= 11 is 1.12. The van der Waals surface area contributed by atoms with Crippen molar-refractivity contribution < 1.29 is 28.6 Å². The molecule has 0 aliphatic carbocycles. The van der Waals surface area contributed by atoms with E-state index < -0.39 is 23.5 Å². The van der Waals surface area contributed by atoms with Crippen LogP contribution in [0.2, 0.25) is 0 Å². The molecule has 230 valence electrons. The summed E-state index contributed by atoms with van der Waals surface area (Å²) in [5, 5.41) is 0. The molecule has 0 spiro atoms. The molecule has 0 saturated heterocycles. The molecule has 5 rings (SSSR count). The summed E-state index contributed by atoms with van der Waals surface area (Å²) in [5.41, 5.74) is 2.43. The summed E-state index contributed by atoms with van der Waals surface area (Å²) in [6.07, 6.45) is 5.29. The summed E-state index contributed by atoms with van der Waals surface area (Å²) in [4.78, 5) is 59.8. The molecule has 3 heterocycles. The predicted molar refractivity (Wildman–Crippen MR) is 167 cm³/mol. The first-order valence-electron chi connectivity index (χ1n) is 14.6. The van der Waals surface area contributed by atoms with Gasteiger partial charge in [0, 0.05) is 19.0 Å². The van der Waals surface area contributed by atoms with Crippen LogP contribution in [0.5, 0.6) is 11.5 Å². The molecule has 11 heteroatoms. The minimum absolute atomic E-state index is 0.172. The Morgan fingerprint density at radius 3 is 2.45 bits per heavy atom.